The van der Waals surface area contributed by atoms with E-state index in [-0.39, 0.29) is 0 Å². The van der Waals surface area contributed by atoms with Crippen molar-refractivity contribution >= 4 is 22.5 Å². The van der Waals surface area contributed by atoms with Crippen molar-refractivity contribution in [3.8, 4) is 16.9 Å². The molecule has 118 valence electrons. The van der Waals surface area contributed by atoms with Crippen molar-refractivity contribution in [2.24, 2.45) is 0 Å². The predicted octanol–water partition coefficient (Wildman–Crippen LogP) is 4.53. The Kier molecular flexibility index (Phi) is 3.55. The van der Waals surface area contributed by atoms with Crippen LogP contribution in [0.2, 0.25) is 5.02 Å². The van der Waals surface area contributed by atoms with Crippen molar-refractivity contribution < 1.29 is 4.74 Å². The number of halogens is 1. The van der Waals surface area contributed by atoms with Gasteiger partial charge in [-0.2, -0.15) is 0 Å². The molecule has 23 heavy (non-hydrogen) atoms. The average Bonchev–Trinajstić information content (AvgIpc) is 2.95. The van der Waals surface area contributed by atoms with Crippen LogP contribution in [-0.4, -0.2) is 18.1 Å². The van der Waals surface area contributed by atoms with Crippen molar-refractivity contribution in [2.75, 3.05) is 7.11 Å². The highest BCUT2D eigenvalue weighted by Crippen LogP contribution is 2.38. The Morgan fingerprint density at radius 1 is 1.13 bits per heavy atom. The summed E-state index contributed by atoms with van der Waals surface area (Å²) in [6, 6.07) is 12.8. The molecule has 3 nitrogen and oxygen atoms in total. The lowest BCUT2D eigenvalue weighted by Gasteiger charge is -2.20. The minimum absolute atomic E-state index is 0.485. The maximum atomic E-state index is 6.45. The number of methoxy groups -OCH3 is 1. The molecule has 2 heterocycles. The Morgan fingerprint density at radius 2 is 1.91 bits per heavy atom. The molecule has 0 aliphatic carbocycles. The van der Waals surface area contributed by atoms with Crippen LogP contribution in [0.5, 0.6) is 5.75 Å². The molecule has 0 saturated heterocycles. The van der Waals surface area contributed by atoms with Crippen LogP contribution < -0.4 is 10.1 Å². The summed E-state index contributed by atoms with van der Waals surface area (Å²) < 4.78 is 5.26. The second-order valence-corrected chi connectivity index (χ2v) is 6.55. The fourth-order valence-electron chi connectivity index (χ4n) is 3.43. The van der Waals surface area contributed by atoms with Crippen molar-refractivity contribution in [3.05, 3.63) is 52.7 Å². The number of rotatable bonds is 2. The van der Waals surface area contributed by atoms with Crippen LogP contribution in [0.1, 0.15) is 18.2 Å². The van der Waals surface area contributed by atoms with Gasteiger partial charge in [0.1, 0.15) is 5.75 Å². The standard InChI is InChI=1S/C19H19ClN2O/c1-11-9-17-15(10-21-11)18-14(7-8-16(20)19(18)22-17)12-3-5-13(23-2)6-4-12/h3-8,11,21-22H,9-10H2,1-2H3. The van der Waals surface area contributed by atoms with E-state index in [0.717, 1.165) is 29.3 Å². The molecule has 3 aromatic rings. The van der Waals surface area contributed by atoms with E-state index in [9.17, 15) is 0 Å². The Morgan fingerprint density at radius 3 is 2.65 bits per heavy atom. The highest BCUT2D eigenvalue weighted by Gasteiger charge is 2.22. The van der Waals surface area contributed by atoms with Gasteiger partial charge in [-0.1, -0.05) is 29.8 Å². The molecule has 2 aromatic carbocycles. The molecule has 2 N–H and O–H groups in total. The molecule has 4 heteroatoms. The first-order chi connectivity index (χ1) is 11.2. The molecule has 0 amide bonds. The highest BCUT2D eigenvalue weighted by atomic mass is 35.5. The zero-order valence-electron chi connectivity index (χ0n) is 13.2. The average molecular weight is 327 g/mol. The molecular weight excluding hydrogens is 308 g/mol. The van der Waals surface area contributed by atoms with Gasteiger partial charge in [-0.05, 0) is 41.8 Å². The lowest BCUT2D eigenvalue weighted by atomic mass is 9.95. The van der Waals surface area contributed by atoms with Crippen LogP contribution in [0.15, 0.2) is 36.4 Å². The van der Waals surface area contributed by atoms with Gasteiger partial charge in [-0.25, -0.2) is 0 Å². The zero-order chi connectivity index (χ0) is 16.0. The SMILES string of the molecule is COc1ccc(-c2ccc(Cl)c3[nH]c4c(c23)CNC(C)C4)cc1. The summed E-state index contributed by atoms with van der Waals surface area (Å²) in [4.78, 5) is 3.55. The molecule has 0 bridgehead atoms. The molecule has 1 aliphatic rings. The quantitative estimate of drug-likeness (QED) is 0.726. The van der Waals surface area contributed by atoms with Crippen LogP contribution in [0.4, 0.5) is 0 Å². The number of nitrogens with one attached hydrogen (secondary N) is 2. The molecule has 1 unspecified atom stereocenters. The number of hydrogen-bond donors (Lipinski definition) is 2. The summed E-state index contributed by atoms with van der Waals surface area (Å²) >= 11 is 6.45. The van der Waals surface area contributed by atoms with E-state index in [0.29, 0.717) is 6.04 Å². The number of fused-ring (bicyclic) bond motifs is 3. The first-order valence-corrected chi connectivity index (χ1v) is 8.25. The summed E-state index contributed by atoms with van der Waals surface area (Å²) in [5, 5.41) is 5.56. The molecular formula is C19H19ClN2O. The zero-order valence-corrected chi connectivity index (χ0v) is 14.0. The summed E-state index contributed by atoms with van der Waals surface area (Å²) in [7, 11) is 1.69. The lowest BCUT2D eigenvalue weighted by Crippen LogP contribution is -2.32. The molecule has 0 saturated carbocycles. The number of ether oxygens (including phenoxy) is 1. The minimum atomic E-state index is 0.485. The highest BCUT2D eigenvalue weighted by molar-refractivity contribution is 6.35. The smallest absolute Gasteiger partial charge is 0.118 e. The van der Waals surface area contributed by atoms with Gasteiger partial charge < -0.3 is 15.0 Å². The first-order valence-electron chi connectivity index (χ1n) is 7.87. The Hall–Kier alpha value is -1.97. The number of hydrogen-bond acceptors (Lipinski definition) is 2. The summed E-state index contributed by atoms with van der Waals surface area (Å²) in [5.74, 6) is 0.866. The molecule has 1 atom stereocenters. The second-order valence-electron chi connectivity index (χ2n) is 6.14. The van der Waals surface area contributed by atoms with E-state index >= 15 is 0 Å². The van der Waals surface area contributed by atoms with E-state index < -0.39 is 0 Å². The molecule has 4 rings (SSSR count). The molecule has 0 spiro atoms. The van der Waals surface area contributed by atoms with Crippen molar-refractivity contribution in [1.29, 1.82) is 0 Å². The number of H-pyrrole nitrogens is 1. The van der Waals surface area contributed by atoms with Crippen LogP contribution in [0.25, 0.3) is 22.0 Å². The van der Waals surface area contributed by atoms with Crippen LogP contribution in [0.3, 0.4) is 0 Å². The van der Waals surface area contributed by atoms with E-state index in [2.05, 4.69) is 35.4 Å². The summed E-state index contributed by atoms with van der Waals surface area (Å²) in [5.41, 5.74) is 6.07. The number of benzene rings is 2. The maximum absolute atomic E-state index is 6.45. The van der Waals surface area contributed by atoms with Gasteiger partial charge in [0.25, 0.3) is 0 Å². The Bertz CT molecular complexity index is 867. The van der Waals surface area contributed by atoms with Crippen LogP contribution >= 0.6 is 11.6 Å². The van der Waals surface area contributed by atoms with E-state index in [4.69, 9.17) is 16.3 Å². The number of aromatic amines is 1. The molecule has 1 aliphatic heterocycles. The fourth-order valence-corrected chi connectivity index (χ4v) is 3.63. The van der Waals surface area contributed by atoms with Crippen molar-refractivity contribution in [2.45, 2.75) is 25.9 Å². The summed E-state index contributed by atoms with van der Waals surface area (Å²) in [6.45, 7) is 3.08. The second kappa shape index (κ2) is 5.59. The van der Waals surface area contributed by atoms with Gasteiger partial charge in [0.2, 0.25) is 0 Å². The molecule has 0 fully saturated rings. The fraction of sp³-hybridized carbons (Fsp3) is 0.263. The van der Waals surface area contributed by atoms with E-state index in [1.807, 2.05) is 18.2 Å². The Balaban J connectivity index is 1.94. The monoisotopic (exact) mass is 326 g/mol. The first kappa shape index (κ1) is 14.6. The normalized spacial score (nSPS) is 17.3. The molecule has 0 radical (unpaired) electrons. The maximum Gasteiger partial charge on any atom is 0.118 e. The van der Waals surface area contributed by atoms with E-state index in [1.54, 1.807) is 7.11 Å². The number of aromatic nitrogens is 1. The summed E-state index contributed by atoms with van der Waals surface area (Å²) in [6.07, 6.45) is 1.00. The lowest BCUT2D eigenvalue weighted by molar-refractivity contribution is 0.415. The van der Waals surface area contributed by atoms with Crippen molar-refractivity contribution in [3.63, 3.8) is 0 Å². The van der Waals surface area contributed by atoms with Gasteiger partial charge in [-0.15, -0.1) is 0 Å². The minimum Gasteiger partial charge on any atom is -0.497 e. The van der Waals surface area contributed by atoms with Gasteiger partial charge in [-0.3, -0.25) is 0 Å². The van der Waals surface area contributed by atoms with Crippen LogP contribution in [0, 0.1) is 0 Å². The van der Waals surface area contributed by atoms with Crippen LogP contribution in [-0.2, 0) is 13.0 Å². The van der Waals surface area contributed by atoms with Gasteiger partial charge in [0.15, 0.2) is 0 Å². The van der Waals surface area contributed by atoms with Gasteiger partial charge in [0.05, 0.1) is 17.6 Å². The van der Waals surface area contributed by atoms with E-state index in [1.165, 1.54) is 27.8 Å². The molecule has 1 aromatic heterocycles. The van der Waals surface area contributed by atoms with Gasteiger partial charge >= 0.3 is 0 Å². The third-order valence-corrected chi connectivity index (χ3v) is 4.95. The predicted molar refractivity (Wildman–Crippen MR) is 95.3 cm³/mol. The topological polar surface area (TPSA) is 37.0 Å². The van der Waals surface area contributed by atoms with Gasteiger partial charge in [0, 0.05) is 30.1 Å². The largest absolute Gasteiger partial charge is 0.497 e. The third kappa shape index (κ3) is 2.41. The Labute approximate surface area is 140 Å². The van der Waals surface area contributed by atoms with Crippen molar-refractivity contribution in [1.82, 2.24) is 10.3 Å². The third-order valence-electron chi connectivity index (χ3n) is 4.64.